The minimum absolute atomic E-state index is 0.138. The van der Waals surface area contributed by atoms with Gasteiger partial charge in [-0.05, 0) is 50.2 Å². The molecular formula is C21H31N3O2. The van der Waals surface area contributed by atoms with Crippen LogP contribution in [-0.4, -0.2) is 27.7 Å². The van der Waals surface area contributed by atoms with Crippen LogP contribution in [0.5, 0.6) is 0 Å². The van der Waals surface area contributed by atoms with Crippen LogP contribution < -0.4 is 0 Å². The van der Waals surface area contributed by atoms with Crippen LogP contribution in [0.25, 0.3) is 0 Å². The van der Waals surface area contributed by atoms with Crippen LogP contribution in [0.15, 0.2) is 23.2 Å². The Morgan fingerprint density at radius 3 is 2.42 bits per heavy atom. The van der Waals surface area contributed by atoms with Crippen LogP contribution >= 0.6 is 0 Å². The summed E-state index contributed by atoms with van der Waals surface area (Å²) in [6.07, 6.45) is 9.92. The third-order valence-corrected chi connectivity index (χ3v) is 5.90. The lowest BCUT2D eigenvalue weighted by molar-refractivity contribution is -0.384. The molecule has 26 heavy (non-hydrogen) atoms. The van der Waals surface area contributed by atoms with Gasteiger partial charge in [0.1, 0.15) is 5.84 Å². The average molecular weight is 357 g/mol. The van der Waals surface area contributed by atoms with Gasteiger partial charge in [0.25, 0.3) is 5.69 Å². The van der Waals surface area contributed by atoms with E-state index < -0.39 is 0 Å². The molecule has 2 aliphatic rings. The van der Waals surface area contributed by atoms with Crippen LogP contribution in [0.1, 0.15) is 70.8 Å². The lowest BCUT2D eigenvalue weighted by Crippen LogP contribution is -2.50. The number of aliphatic imine (C=N–C) groups is 1. The fourth-order valence-electron chi connectivity index (χ4n) is 4.63. The molecule has 1 aromatic rings. The predicted octanol–water partition coefficient (Wildman–Crippen LogP) is 5.78. The Labute approximate surface area is 156 Å². The summed E-state index contributed by atoms with van der Waals surface area (Å²) in [5.74, 6) is 1.78. The lowest BCUT2D eigenvalue weighted by Gasteiger charge is -2.43. The van der Waals surface area contributed by atoms with Gasteiger partial charge in [0.05, 0.1) is 10.6 Å². The molecule has 5 heteroatoms. The second-order valence-corrected chi connectivity index (χ2v) is 8.40. The van der Waals surface area contributed by atoms with E-state index in [0.717, 1.165) is 24.2 Å². The second-order valence-electron chi connectivity index (χ2n) is 8.40. The summed E-state index contributed by atoms with van der Waals surface area (Å²) in [5.41, 5.74) is 2.17. The molecule has 1 heterocycles. The number of likely N-dealkylation sites (tertiary alicyclic amines) is 1. The first-order valence-electron chi connectivity index (χ1n) is 10.0. The van der Waals surface area contributed by atoms with E-state index >= 15 is 0 Å². The van der Waals surface area contributed by atoms with Crippen LogP contribution in [0.2, 0.25) is 0 Å². The highest BCUT2D eigenvalue weighted by Gasteiger charge is 2.42. The van der Waals surface area contributed by atoms with Crippen LogP contribution in [0.3, 0.4) is 0 Å². The molecule has 1 saturated heterocycles. The van der Waals surface area contributed by atoms with Crippen molar-refractivity contribution in [3.05, 3.63) is 33.9 Å². The normalized spacial score (nSPS) is 21.5. The summed E-state index contributed by atoms with van der Waals surface area (Å²) in [7, 11) is 0. The van der Waals surface area contributed by atoms with Gasteiger partial charge in [-0.25, -0.2) is 4.99 Å². The van der Waals surface area contributed by atoms with E-state index in [1.54, 1.807) is 18.2 Å². The van der Waals surface area contributed by atoms with Gasteiger partial charge in [0.2, 0.25) is 0 Å². The highest BCUT2D eigenvalue weighted by atomic mass is 16.6. The van der Waals surface area contributed by atoms with Crippen molar-refractivity contribution >= 4 is 17.2 Å². The number of nitrogens with zero attached hydrogens (tertiary/aromatic N) is 3. The van der Waals surface area contributed by atoms with E-state index in [9.17, 15) is 10.1 Å². The Kier molecular flexibility index (Phi) is 5.64. The van der Waals surface area contributed by atoms with Crippen molar-refractivity contribution in [1.29, 1.82) is 0 Å². The van der Waals surface area contributed by atoms with E-state index in [1.165, 1.54) is 50.8 Å². The molecule has 1 aliphatic heterocycles. The highest BCUT2D eigenvalue weighted by Crippen LogP contribution is 2.42. The summed E-state index contributed by atoms with van der Waals surface area (Å²) < 4.78 is 0. The number of aryl methyl sites for hydroxylation is 1. The molecule has 0 unspecified atom stereocenters. The maximum Gasteiger partial charge on any atom is 0.269 e. The number of nitro groups is 1. The third-order valence-electron chi connectivity index (χ3n) is 5.90. The van der Waals surface area contributed by atoms with Gasteiger partial charge in [-0.1, -0.05) is 33.1 Å². The van der Waals surface area contributed by atoms with E-state index in [4.69, 9.17) is 4.99 Å². The Morgan fingerprint density at radius 2 is 1.85 bits per heavy atom. The Balaban J connectivity index is 1.99. The van der Waals surface area contributed by atoms with Crippen molar-refractivity contribution in [3.8, 4) is 0 Å². The topological polar surface area (TPSA) is 58.7 Å². The summed E-state index contributed by atoms with van der Waals surface area (Å²) >= 11 is 0. The molecule has 0 atom stereocenters. The van der Waals surface area contributed by atoms with Crippen molar-refractivity contribution in [2.24, 2.45) is 10.9 Å². The molecule has 0 radical (unpaired) electrons. The smallest absolute Gasteiger partial charge is 0.269 e. The molecule has 1 saturated carbocycles. The van der Waals surface area contributed by atoms with Gasteiger partial charge in [-0.2, -0.15) is 0 Å². The monoisotopic (exact) mass is 357 g/mol. The van der Waals surface area contributed by atoms with Gasteiger partial charge < -0.3 is 4.90 Å². The van der Waals surface area contributed by atoms with Crippen molar-refractivity contribution in [3.63, 3.8) is 0 Å². The van der Waals surface area contributed by atoms with Gasteiger partial charge in [0, 0.05) is 30.6 Å². The van der Waals surface area contributed by atoms with Crippen LogP contribution in [0, 0.1) is 23.0 Å². The molecule has 5 nitrogen and oxygen atoms in total. The number of nitro benzene ring substituents is 1. The number of rotatable bonds is 4. The summed E-state index contributed by atoms with van der Waals surface area (Å²) in [6, 6.07) is 5.01. The molecule has 3 rings (SSSR count). The summed E-state index contributed by atoms with van der Waals surface area (Å²) in [4.78, 5) is 18.3. The summed E-state index contributed by atoms with van der Waals surface area (Å²) in [5, 5.41) is 11.0. The molecule has 142 valence electrons. The van der Waals surface area contributed by atoms with Gasteiger partial charge in [0.15, 0.2) is 0 Å². The van der Waals surface area contributed by atoms with Crippen molar-refractivity contribution in [2.75, 3.05) is 6.54 Å². The standard InChI is InChI=1S/C21H31N3O2/c1-16(2)15-23-20(8-4-5-11-21(23)12-6-7-13-21)22-19-10-9-18(24(25)26)14-17(19)3/h9-10,14,16H,4-8,11-13,15H2,1-3H3. The zero-order valence-electron chi connectivity index (χ0n) is 16.3. The molecule has 2 fully saturated rings. The number of non-ortho nitro benzene ring substituents is 1. The van der Waals surface area contributed by atoms with Crippen LogP contribution in [-0.2, 0) is 0 Å². The predicted molar refractivity (Wildman–Crippen MR) is 106 cm³/mol. The number of hydrogen-bond donors (Lipinski definition) is 0. The molecule has 0 bridgehead atoms. The molecule has 0 aromatic heterocycles. The minimum atomic E-state index is -0.339. The zero-order valence-corrected chi connectivity index (χ0v) is 16.3. The number of hydrogen-bond acceptors (Lipinski definition) is 3. The Bertz CT molecular complexity index is 690. The molecule has 0 amide bonds. The van der Waals surface area contributed by atoms with Crippen molar-refractivity contribution in [1.82, 2.24) is 4.90 Å². The van der Waals surface area contributed by atoms with E-state index in [0.29, 0.717) is 5.92 Å². The third kappa shape index (κ3) is 3.92. The van der Waals surface area contributed by atoms with Gasteiger partial charge in [-0.15, -0.1) is 0 Å². The maximum atomic E-state index is 11.0. The first-order chi connectivity index (χ1) is 12.4. The van der Waals surface area contributed by atoms with E-state index in [-0.39, 0.29) is 16.1 Å². The minimum Gasteiger partial charge on any atom is -0.354 e. The molecule has 1 aromatic carbocycles. The van der Waals surface area contributed by atoms with Gasteiger partial charge in [-0.3, -0.25) is 10.1 Å². The Morgan fingerprint density at radius 1 is 1.19 bits per heavy atom. The number of amidine groups is 1. The number of benzene rings is 1. The Hall–Kier alpha value is -1.91. The van der Waals surface area contributed by atoms with Crippen molar-refractivity contribution in [2.45, 2.75) is 77.7 Å². The largest absolute Gasteiger partial charge is 0.354 e. The molecule has 0 N–H and O–H groups in total. The first-order valence-corrected chi connectivity index (χ1v) is 10.0. The van der Waals surface area contributed by atoms with Gasteiger partial charge >= 0.3 is 0 Å². The first kappa shape index (κ1) is 18.9. The average Bonchev–Trinajstić information content (AvgIpc) is 3.00. The second kappa shape index (κ2) is 7.77. The lowest BCUT2D eigenvalue weighted by atomic mass is 9.89. The maximum absolute atomic E-state index is 11.0. The van der Waals surface area contributed by atoms with Crippen molar-refractivity contribution < 1.29 is 4.92 Å². The zero-order chi connectivity index (χ0) is 18.7. The summed E-state index contributed by atoms with van der Waals surface area (Å²) in [6.45, 7) is 7.52. The fraction of sp³-hybridized carbons (Fsp3) is 0.667. The van der Waals surface area contributed by atoms with E-state index in [1.807, 2.05) is 6.92 Å². The SMILES string of the molecule is Cc1cc([N+](=O)[O-])ccc1N=C1CCCCC2(CCCC2)N1CC(C)C. The quantitative estimate of drug-likeness (QED) is 0.507. The molecule has 1 aliphatic carbocycles. The van der Waals surface area contributed by atoms with Crippen LogP contribution in [0.4, 0.5) is 11.4 Å². The fourth-order valence-corrected chi connectivity index (χ4v) is 4.63. The highest BCUT2D eigenvalue weighted by molar-refractivity contribution is 5.86. The molecular weight excluding hydrogens is 326 g/mol. The van der Waals surface area contributed by atoms with E-state index in [2.05, 4.69) is 18.7 Å². The molecule has 1 spiro atoms.